The Bertz CT molecular complexity index is 942. The maximum atomic E-state index is 11.0. The van der Waals surface area contributed by atoms with Crippen LogP contribution in [0.5, 0.6) is 0 Å². The molecule has 2 heteroatoms. The van der Waals surface area contributed by atoms with E-state index < -0.39 is 0 Å². The molecule has 33 heavy (non-hydrogen) atoms. The van der Waals surface area contributed by atoms with Gasteiger partial charge in [0.05, 0.1) is 6.10 Å². The van der Waals surface area contributed by atoms with Crippen LogP contribution in [0.25, 0.3) is 21.5 Å². The van der Waals surface area contributed by atoms with E-state index in [0.717, 1.165) is 18.4 Å². The SMILES string of the molecule is CCCCN(CCCC)CCCCCCCC[C@H](O)c1cc2ccccc2c2ccccc12. The predicted molar refractivity (Wildman–Crippen MR) is 145 cm³/mol. The van der Waals surface area contributed by atoms with Crippen molar-refractivity contribution in [3.8, 4) is 0 Å². The summed E-state index contributed by atoms with van der Waals surface area (Å²) in [7, 11) is 0. The van der Waals surface area contributed by atoms with Crippen LogP contribution in [0.4, 0.5) is 0 Å². The number of aliphatic hydroxyl groups excluding tert-OH is 1. The van der Waals surface area contributed by atoms with E-state index in [9.17, 15) is 5.11 Å². The molecule has 0 fully saturated rings. The third-order valence-electron chi connectivity index (χ3n) is 7.02. The second-order valence-electron chi connectivity index (χ2n) is 9.71. The highest BCUT2D eigenvalue weighted by atomic mass is 16.3. The molecule has 1 atom stereocenters. The summed E-state index contributed by atoms with van der Waals surface area (Å²) < 4.78 is 0. The molecular weight excluding hydrogens is 402 g/mol. The lowest BCUT2D eigenvalue weighted by molar-refractivity contribution is 0.165. The number of nitrogens with zero attached hydrogens (tertiary/aromatic N) is 1. The van der Waals surface area contributed by atoms with Crippen molar-refractivity contribution in [1.29, 1.82) is 0 Å². The summed E-state index contributed by atoms with van der Waals surface area (Å²) in [5, 5.41) is 15.9. The summed E-state index contributed by atoms with van der Waals surface area (Å²) in [6.45, 7) is 8.40. The van der Waals surface area contributed by atoms with Crippen LogP contribution in [0.15, 0.2) is 54.6 Å². The van der Waals surface area contributed by atoms with Gasteiger partial charge in [0, 0.05) is 0 Å². The summed E-state index contributed by atoms with van der Waals surface area (Å²) in [6.07, 6.45) is 13.3. The van der Waals surface area contributed by atoms with Gasteiger partial charge in [-0.1, -0.05) is 107 Å². The first kappa shape index (κ1) is 25.7. The van der Waals surface area contributed by atoms with Crippen molar-refractivity contribution in [2.75, 3.05) is 19.6 Å². The third-order valence-corrected chi connectivity index (χ3v) is 7.02. The zero-order valence-corrected chi connectivity index (χ0v) is 21.1. The summed E-state index contributed by atoms with van der Waals surface area (Å²) >= 11 is 0. The Kier molecular flexibility index (Phi) is 11.2. The van der Waals surface area contributed by atoms with Crippen molar-refractivity contribution < 1.29 is 5.11 Å². The molecule has 0 saturated heterocycles. The zero-order chi connectivity index (χ0) is 23.3. The molecule has 3 aromatic carbocycles. The van der Waals surface area contributed by atoms with Crippen molar-refractivity contribution >= 4 is 21.5 Å². The lowest BCUT2D eigenvalue weighted by Gasteiger charge is -2.21. The molecule has 0 amide bonds. The minimum atomic E-state index is -0.384. The Morgan fingerprint density at radius 1 is 0.636 bits per heavy atom. The van der Waals surface area contributed by atoms with Crippen molar-refractivity contribution in [1.82, 2.24) is 4.90 Å². The average molecular weight is 448 g/mol. The van der Waals surface area contributed by atoms with Gasteiger partial charge in [0.25, 0.3) is 0 Å². The van der Waals surface area contributed by atoms with Gasteiger partial charge in [0.1, 0.15) is 0 Å². The number of fused-ring (bicyclic) bond motifs is 3. The van der Waals surface area contributed by atoms with Gasteiger partial charge in [-0.3, -0.25) is 0 Å². The van der Waals surface area contributed by atoms with Gasteiger partial charge in [0.2, 0.25) is 0 Å². The van der Waals surface area contributed by atoms with E-state index in [2.05, 4.69) is 73.3 Å². The Hall–Kier alpha value is -1.90. The molecule has 1 N–H and O–H groups in total. The van der Waals surface area contributed by atoms with E-state index in [0.29, 0.717) is 0 Å². The van der Waals surface area contributed by atoms with Gasteiger partial charge in [-0.2, -0.15) is 0 Å². The van der Waals surface area contributed by atoms with Gasteiger partial charge in [-0.15, -0.1) is 0 Å². The number of hydrogen-bond donors (Lipinski definition) is 1. The van der Waals surface area contributed by atoms with E-state index >= 15 is 0 Å². The molecule has 3 rings (SSSR count). The maximum absolute atomic E-state index is 11.0. The highest BCUT2D eigenvalue weighted by Gasteiger charge is 2.13. The molecule has 0 aliphatic rings. The highest BCUT2D eigenvalue weighted by molar-refractivity contribution is 6.09. The molecule has 2 nitrogen and oxygen atoms in total. The Balaban J connectivity index is 1.40. The summed E-state index contributed by atoms with van der Waals surface area (Å²) in [5.41, 5.74) is 1.09. The normalized spacial score (nSPS) is 12.7. The van der Waals surface area contributed by atoms with Gasteiger partial charge < -0.3 is 10.0 Å². The molecule has 0 aliphatic heterocycles. The number of rotatable bonds is 16. The van der Waals surface area contributed by atoms with E-state index in [1.807, 2.05) is 0 Å². The molecule has 0 unspecified atom stereocenters. The maximum Gasteiger partial charge on any atom is 0.0796 e. The highest BCUT2D eigenvalue weighted by Crippen LogP contribution is 2.33. The van der Waals surface area contributed by atoms with Crippen molar-refractivity contribution in [3.63, 3.8) is 0 Å². The molecule has 0 saturated carbocycles. The van der Waals surface area contributed by atoms with Crippen LogP contribution in [0.3, 0.4) is 0 Å². The van der Waals surface area contributed by atoms with Crippen LogP contribution in [-0.4, -0.2) is 29.6 Å². The first-order valence-electron chi connectivity index (χ1n) is 13.6. The van der Waals surface area contributed by atoms with Crippen LogP contribution in [0.1, 0.15) is 96.1 Å². The van der Waals surface area contributed by atoms with E-state index in [1.54, 1.807) is 0 Å². The number of benzene rings is 3. The quantitative estimate of drug-likeness (QED) is 0.175. The van der Waals surface area contributed by atoms with Crippen LogP contribution in [0.2, 0.25) is 0 Å². The molecule has 0 bridgehead atoms. The minimum absolute atomic E-state index is 0.384. The molecule has 180 valence electrons. The van der Waals surface area contributed by atoms with Crippen molar-refractivity contribution in [3.05, 3.63) is 60.2 Å². The second kappa shape index (κ2) is 14.4. The van der Waals surface area contributed by atoms with Crippen molar-refractivity contribution in [2.24, 2.45) is 0 Å². The number of unbranched alkanes of at least 4 members (excludes halogenated alkanes) is 7. The van der Waals surface area contributed by atoms with Crippen LogP contribution in [0, 0.1) is 0 Å². The standard InChI is InChI=1S/C31H45NO/c1-3-5-22-32(23-6-4-2)24-16-10-8-7-9-11-21-31(33)30-25-26-17-12-13-18-27(26)28-19-14-15-20-29(28)30/h12-15,17-20,25,31,33H,3-11,16,21-24H2,1-2H3/t31-/m0/s1. The summed E-state index contributed by atoms with van der Waals surface area (Å²) in [4.78, 5) is 2.68. The molecule has 0 aromatic heterocycles. The van der Waals surface area contributed by atoms with Gasteiger partial charge in [0.15, 0.2) is 0 Å². The molecule has 0 spiro atoms. The van der Waals surface area contributed by atoms with Gasteiger partial charge >= 0.3 is 0 Å². The van der Waals surface area contributed by atoms with Crippen LogP contribution in [-0.2, 0) is 0 Å². The average Bonchev–Trinajstić information content (AvgIpc) is 2.86. The molecular formula is C31H45NO. The van der Waals surface area contributed by atoms with E-state index in [-0.39, 0.29) is 6.10 Å². The summed E-state index contributed by atoms with van der Waals surface area (Å²) in [6, 6.07) is 19.2. The smallest absolute Gasteiger partial charge is 0.0796 e. The van der Waals surface area contributed by atoms with Gasteiger partial charge in [-0.25, -0.2) is 0 Å². The largest absolute Gasteiger partial charge is 0.388 e. The van der Waals surface area contributed by atoms with Crippen molar-refractivity contribution in [2.45, 2.75) is 90.6 Å². The molecule has 0 aliphatic carbocycles. The fourth-order valence-corrected chi connectivity index (χ4v) is 4.99. The zero-order valence-electron chi connectivity index (χ0n) is 21.1. The first-order chi connectivity index (χ1) is 16.2. The molecule has 0 radical (unpaired) electrons. The predicted octanol–water partition coefficient (Wildman–Crippen LogP) is 8.66. The fraction of sp³-hybridized carbons (Fsp3) is 0.548. The van der Waals surface area contributed by atoms with E-state index in [1.165, 1.54) is 99.0 Å². The minimum Gasteiger partial charge on any atom is -0.388 e. The molecule has 0 heterocycles. The van der Waals surface area contributed by atoms with Crippen LogP contribution < -0.4 is 0 Å². The summed E-state index contributed by atoms with van der Waals surface area (Å²) in [5.74, 6) is 0. The Labute approximate surface area is 202 Å². The lowest BCUT2D eigenvalue weighted by atomic mass is 9.92. The first-order valence-corrected chi connectivity index (χ1v) is 13.6. The van der Waals surface area contributed by atoms with Gasteiger partial charge in [-0.05, 0) is 78.5 Å². The second-order valence-corrected chi connectivity index (χ2v) is 9.71. The topological polar surface area (TPSA) is 23.5 Å². The number of hydrogen-bond acceptors (Lipinski definition) is 2. The monoisotopic (exact) mass is 447 g/mol. The Morgan fingerprint density at radius 2 is 1.18 bits per heavy atom. The van der Waals surface area contributed by atoms with Crippen LogP contribution >= 0.6 is 0 Å². The fourth-order valence-electron chi connectivity index (χ4n) is 4.99. The number of aliphatic hydroxyl groups is 1. The Morgan fingerprint density at radius 3 is 1.88 bits per heavy atom. The lowest BCUT2D eigenvalue weighted by Crippen LogP contribution is -2.27. The molecule has 3 aromatic rings. The van der Waals surface area contributed by atoms with E-state index in [4.69, 9.17) is 0 Å². The third kappa shape index (κ3) is 7.83.